The van der Waals surface area contributed by atoms with E-state index in [-0.39, 0.29) is 0 Å². The van der Waals surface area contributed by atoms with Crippen molar-refractivity contribution in [3.05, 3.63) is 17.8 Å². The number of likely N-dealkylation sites (N-methyl/N-ethyl adjacent to an activating group) is 1. The monoisotopic (exact) mass is 195 g/mol. The fourth-order valence-electron chi connectivity index (χ4n) is 0.931. The third-order valence-electron chi connectivity index (χ3n) is 1.91. The van der Waals surface area contributed by atoms with E-state index in [0.717, 1.165) is 17.8 Å². The van der Waals surface area contributed by atoms with Gasteiger partial charge in [0.05, 0.1) is 0 Å². The number of anilines is 1. The number of aromatic nitrogens is 1. The maximum absolute atomic E-state index is 5.72. The highest BCUT2D eigenvalue weighted by molar-refractivity contribution is 5.47. The lowest BCUT2D eigenvalue weighted by Crippen LogP contribution is -2.19. The van der Waals surface area contributed by atoms with E-state index < -0.39 is 0 Å². The highest BCUT2D eigenvalue weighted by atomic mass is 16.5. The third kappa shape index (κ3) is 3.22. The summed E-state index contributed by atoms with van der Waals surface area (Å²) in [5, 5.41) is 0. The van der Waals surface area contributed by atoms with Crippen molar-refractivity contribution in [3.8, 4) is 5.88 Å². The molecule has 0 fully saturated rings. The molecule has 4 nitrogen and oxygen atoms in total. The molecule has 0 aliphatic heterocycles. The zero-order valence-electron chi connectivity index (χ0n) is 8.95. The van der Waals surface area contributed by atoms with Crippen LogP contribution in [0.1, 0.15) is 5.56 Å². The van der Waals surface area contributed by atoms with Gasteiger partial charge < -0.3 is 15.4 Å². The number of nitrogens with zero attached hydrogens (tertiary/aromatic N) is 2. The first-order valence-electron chi connectivity index (χ1n) is 4.59. The van der Waals surface area contributed by atoms with Gasteiger partial charge in [0, 0.05) is 24.5 Å². The number of hydrogen-bond acceptors (Lipinski definition) is 4. The molecular formula is C10H17N3O. The van der Waals surface area contributed by atoms with Gasteiger partial charge in [-0.1, -0.05) is 0 Å². The van der Waals surface area contributed by atoms with Gasteiger partial charge in [0.1, 0.15) is 6.61 Å². The Morgan fingerprint density at radius 3 is 2.79 bits per heavy atom. The number of pyridine rings is 1. The molecule has 78 valence electrons. The molecule has 0 aromatic carbocycles. The Balaban J connectivity index is 2.47. The van der Waals surface area contributed by atoms with E-state index in [2.05, 4.69) is 9.88 Å². The van der Waals surface area contributed by atoms with Gasteiger partial charge in [-0.25, -0.2) is 4.98 Å². The summed E-state index contributed by atoms with van der Waals surface area (Å²) in [5.74, 6) is 0.593. The van der Waals surface area contributed by atoms with Crippen LogP contribution in [0.2, 0.25) is 0 Å². The molecule has 1 aromatic rings. The molecule has 0 amide bonds. The molecule has 1 heterocycles. The quantitative estimate of drug-likeness (QED) is 0.776. The van der Waals surface area contributed by atoms with Gasteiger partial charge in [0.15, 0.2) is 0 Å². The second kappa shape index (κ2) is 4.81. The van der Waals surface area contributed by atoms with Gasteiger partial charge in [-0.3, -0.25) is 0 Å². The minimum Gasteiger partial charge on any atom is -0.476 e. The minimum atomic E-state index is 0.593. The predicted octanol–water partition coefficient (Wildman–Crippen LogP) is 0.913. The molecule has 1 aromatic heterocycles. The predicted molar refractivity (Wildman–Crippen MR) is 57.4 cm³/mol. The van der Waals surface area contributed by atoms with E-state index in [4.69, 9.17) is 10.5 Å². The first kappa shape index (κ1) is 10.8. The van der Waals surface area contributed by atoms with Crippen LogP contribution < -0.4 is 10.5 Å². The first-order valence-corrected chi connectivity index (χ1v) is 4.59. The second-order valence-corrected chi connectivity index (χ2v) is 3.53. The molecule has 0 spiro atoms. The van der Waals surface area contributed by atoms with E-state index in [1.54, 1.807) is 12.3 Å². The minimum absolute atomic E-state index is 0.593. The first-order chi connectivity index (χ1) is 6.59. The van der Waals surface area contributed by atoms with Crippen molar-refractivity contribution in [1.82, 2.24) is 9.88 Å². The molecule has 14 heavy (non-hydrogen) atoms. The van der Waals surface area contributed by atoms with Crippen molar-refractivity contribution in [2.24, 2.45) is 0 Å². The van der Waals surface area contributed by atoms with Crippen LogP contribution in [0.5, 0.6) is 5.88 Å². The molecular weight excluding hydrogens is 178 g/mol. The van der Waals surface area contributed by atoms with Crippen molar-refractivity contribution in [3.63, 3.8) is 0 Å². The van der Waals surface area contributed by atoms with E-state index in [9.17, 15) is 0 Å². The number of nitrogens with two attached hydrogens (primary N) is 1. The maximum Gasteiger partial charge on any atom is 0.215 e. The molecule has 4 heteroatoms. The second-order valence-electron chi connectivity index (χ2n) is 3.53. The van der Waals surface area contributed by atoms with E-state index in [0.29, 0.717) is 12.5 Å². The summed E-state index contributed by atoms with van der Waals surface area (Å²) in [6, 6.07) is 1.75. The number of ether oxygens (including phenoxy) is 1. The van der Waals surface area contributed by atoms with Gasteiger partial charge in [-0.15, -0.1) is 0 Å². The topological polar surface area (TPSA) is 51.4 Å². The van der Waals surface area contributed by atoms with Crippen LogP contribution in [-0.4, -0.2) is 37.1 Å². The summed E-state index contributed by atoms with van der Waals surface area (Å²) in [6.07, 6.45) is 1.72. The largest absolute Gasteiger partial charge is 0.476 e. The Morgan fingerprint density at radius 2 is 2.21 bits per heavy atom. The Bertz CT molecular complexity index is 299. The molecule has 0 bridgehead atoms. The standard InChI is InChI=1S/C10H17N3O/c1-8-7-12-10(6-9(8)11)14-5-4-13(2)3/h6-7H,4-5H2,1-3H3,(H2,11,12). The lowest BCUT2D eigenvalue weighted by molar-refractivity contribution is 0.254. The average Bonchev–Trinajstić information content (AvgIpc) is 2.10. The van der Waals surface area contributed by atoms with Crippen molar-refractivity contribution in [2.45, 2.75) is 6.92 Å². The molecule has 0 saturated heterocycles. The third-order valence-corrected chi connectivity index (χ3v) is 1.91. The Hall–Kier alpha value is -1.29. The van der Waals surface area contributed by atoms with Gasteiger partial charge in [0.2, 0.25) is 5.88 Å². The number of nitrogen functional groups attached to an aromatic ring is 1. The fourth-order valence-corrected chi connectivity index (χ4v) is 0.931. The van der Waals surface area contributed by atoms with Crippen LogP contribution in [-0.2, 0) is 0 Å². The van der Waals surface area contributed by atoms with Crippen molar-refractivity contribution in [1.29, 1.82) is 0 Å². The lowest BCUT2D eigenvalue weighted by atomic mass is 10.3. The normalized spacial score (nSPS) is 10.6. The molecule has 0 unspecified atom stereocenters. The Labute approximate surface area is 84.7 Å². The molecule has 1 rings (SSSR count). The molecule has 0 aliphatic rings. The van der Waals surface area contributed by atoms with E-state index in [1.165, 1.54) is 0 Å². The summed E-state index contributed by atoms with van der Waals surface area (Å²) < 4.78 is 5.42. The molecule has 0 radical (unpaired) electrons. The highest BCUT2D eigenvalue weighted by Gasteiger charge is 1.99. The summed E-state index contributed by atoms with van der Waals surface area (Å²) >= 11 is 0. The van der Waals surface area contributed by atoms with Crippen molar-refractivity contribution < 1.29 is 4.74 Å². The SMILES string of the molecule is Cc1cnc(OCCN(C)C)cc1N. The summed E-state index contributed by atoms with van der Waals surface area (Å²) in [6.45, 7) is 3.42. The zero-order chi connectivity index (χ0) is 10.6. The van der Waals surface area contributed by atoms with Crippen molar-refractivity contribution >= 4 is 5.69 Å². The average molecular weight is 195 g/mol. The number of aryl methyl sites for hydroxylation is 1. The van der Waals surface area contributed by atoms with Crippen LogP contribution in [0.25, 0.3) is 0 Å². The van der Waals surface area contributed by atoms with E-state index >= 15 is 0 Å². The van der Waals surface area contributed by atoms with Gasteiger partial charge in [-0.2, -0.15) is 0 Å². The summed E-state index contributed by atoms with van der Waals surface area (Å²) in [4.78, 5) is 6.17. The molecule has 0 atom stereocenters. The fraction of sp³-hybridized carbons (Fsp3) is 0.500. The van der Waals surface area contributed by atoms with E-state index in [1.807, 2.05) is 21.0 Å². The Morgan fingerprint density at radius 1 is 1.50 bits per heavy atom. The Kier molecular flexibility index (Phi) is 3.71. The van der Waals surface area contributed by atoms with Gasteiger partial charge >= 0.3 is 0 Å². The van der Waals surface area contributed by atoms with Crippen LogP contribution in [0.3, 0.4) is 0 Å². The lowest BCUT2D eigenvalue weighted by Gasteiger charge is -2.10. The zero-order valence-corrected chi connectivity index (χ0v) is 8.95. The van der Waals surface area contributed by atoms with Crippen LogP contribution in [0.15, 0.2) is 12.3 Å². The van der Waals surface area contributed by atoms with Crippen LogP contribution in [0.4, 0.5) is 5.69 Å². The number of rotatable bonds is 4. The molecule has 2 N–H and O–H groups in total. The van der Waals surface area contributed by atoms with Gasteiger partial charge in [-0.05, 0) is 26.6 Å². The summed E-state index contributed by atoms with van der Waals surface area (Å²) in [7, 11) is 4.00. The van der Waals surface area contributed by atoms with Crippen LogP contribution >= 0.6 is 0 Å². The highest BCUT2D eigenvalue weighted by Crippen LogP contribution is 2.15. The summed E-state index contributed by atoms with van der Waals surface area (Å²) in [5.41, 5.74) is 7.42. The van der Waals surface area contributed by atoms with Gasteiger partial charge in [0.25, 0.3) is 0 Å². The van der Waals surface area contributed by atoms with Crippen molar-refractivity contribution in [2.75, 3.05) is 33.0 Å². The molecule has 0 aliphatic carbocycles. The smallest absolute Gasteiger partial charge is 0.215 e. The maximum atomic E-state index is 5.72. The molecule has 0 saturated carbocycles. The number of hydrogen-bond donors (Lipinski definition) is 1. The van der Waals surface area contributed by atoms with Crippen LogP contribution in [0, 0.1) is 6.92 Å².